The highest BCUT2D eigenvalue weighted by atomic mass is 35.5. The molecule has 4 nitrogen and oxygen atoms in total. The molecule has 0 amide bonds. The zero-order valence-corrected chi connectivity index (χ0v) is 11.9. The minimum absolute atomic E-state index is 0.118. The summed E-state index contributed by atoms with van der Waals surface area (Å²) in [6, 6.07) is 1.80. The van der Waals surface area contributed by atoms with Crippen molar-refractivity contribution in [3.8, 4) is 11.5 Å². The second-order valence-electron chi connectivity index (χ2n) is 3.77. The van der Waals surface area contributed by atoms with Crippen molar-refractivity contribution in [1.82, 2.24) is 5.32 Å². The number of Topliss-reactive ketones (excluding diaryl/α,β-unsaturated/α-hetero) is 1. The highest BCUT2D eigenvalue weighted by Crippen LogP contribution is 2.39. The van der Waals surface area contributed by atoms with Crippen LogP contribution in [0, 0.1) is 0 Å². The van der Waals surface area contributed by atoms with Crippen LogP contribution in [0.15, 0.2) is 6.07 Å². The van der Waals surface area contributed by atoms with Crippen LogP contribution < -0.4 is 14.8 Å². The lowest BCUT2D eigenvalue weighted by Gasteiger charge is -2.16. The van der Waals surface area contributed by atoms with Crippen LogP contribution in [-0.2, 0) is 6.42 Å². The Balaban J connectivity index is 3.47. The van der Waals surface area contributed by atoms with Crippen LogP contribution in [0.5, 0.6) is 11.5 Å². The molecular formula is C13H18ClNO3. The van der Waals surface area contributed by atoms with Gasteiger partial charge in [-0.05, 0) is 25.1 Å². The zero-order valence-electron chi connectivity index (χ0n) is 11.1. The van der Waals surface area contributed by atoms with E-state index in [1.54, 1.807) is 13.1 Å². The number of halogens is 1. The van der Waals surface area contributed by atoms with Crippen LogP contribution in [0.4, 0.5) is 0 Å². The van der Waals surface area contributed by atoms with Gasteiger partial charge < -0.3 is 14.8 Å². The molecule has 0 atom stereocenters. The highest BCUT2D eigenvalue weighted by Gasteiger charge is 2.22. The smallest absolute Gasteiger partial charge is 0.181 e. The summed E-state index contributed by atoms with van der Waals surface area (Å²) < 4.78 is 10.5. The van der Waals surface area contributed by atoms with E-state index in [9.17, 15) is 4.79 Å². The Morgan fingerprint density at radius 3 is 2.50 bits per heavy atom. The lowest BCUT2D eigenvalue weighted by atomic mass is 10.0. The van der Waals surface area contributed by atoms with E-state index in [2.05, 4.69) is 5.32 Å². The molecule has 1 N–H and O–H groups in total. The van der Waals surface area contributed by atoms with Crippen molar-refractivity contribution < 1.29 is 14.3 Å². The largest absolute Gasteiger partial charge is 0.493 e. The summed E-state index contributed by atoms with van der Waals surface area (Å²) in [5.41, 5.74) is 1.25. The number of carbonyl (C=O) groups is 1. The first-order chi connectivity index (χ1) is 8.60. The zero-order chi connectivity index (χ0) is 13.7. The molecule has 0 bridgehead atoms. The molecule has 18 heavy (non-hydrogen) atoms. The molecule has 0 spiro atoms. The fraction of sp³-hybridized carbons (Fsp3) is 0.462. The maximum absolute atomic E-state index is 12.1. The van der Waals surface area contributed by atoms with Crippen molar-refractivity contribution >= 4 is 17.4 Å². The van der Waals surface area contributed by atoms with Crippen LogP contribution in [0.3, 0.4) is 0 Å². The highest BCUT2D eigenvalue weighted by molar-refractivity contribution is 6.35. The Hall–Kier alpha value is -1.26. The van der Waals surface area contributed by atoms with Gasteiger partial charge in [-0.1, -0.05) is 18.5 Å². The van der Waals surface area contributed by atoms with Gasteiger partial charge in [-0.25, -0.2) is 0 Å². The summed E-state index contributed by atoms with van der Waals surface area (Å²) >= 11 is 6.27. The SMILES string of the molecule is CCc1cc(OC)c(OC)c(C(=O)CNC)c1Cl. The molecule has 0 aliphatic rings. The van der Waals surface area contributed by atoms with E-state index in [1.165, 1.54) is 14.2 Å². The summed E-state index contributed by atoms with van der Waals surface area (Å²) in [5, 5.41) is 3.26. The second-order valence-corrected chi connectivity index (χ2v) is 4.15. The maximum atomic E-state index is 12.1. The Bertz CT molecular complexity index is 446. The minimum atomic E-state index is -0.118. The van der Waals surface area contributed by atoms with Gasteiger partial charge in [0.25, 0.3) is 0 Å². The van der Waals surface area contributed by atoms with Crippen molar-refractivity contribution in [3.05, 3.63) is 22.2 Å². The molecule has 0 saturated heterocycles. The Morgan fingerprint density at radius 1 is 1.39 bits per heavy atom. The molecule has 0 aliphatic heterocycles. The molecule has 0 aromatic heterocycles. The van der Waals surface area contributed by atoms with Crippen molar-refractivity contribution in [2.45, 2.75) is 13.3 Å². The van der Waals surface area contributed by atoms with Gasteiger partial charge in [0.15, 0.2) is 17.3 Å². The molecule has 1 aromatic carbocycles. The molecule has 0 heterocycles. The molecular weight excluding hydrogens is 254 g/mol. The number of rotatable bonds is 6. The van der Waals surface area contributed by atoms with E-state index >= 15 is 0 Å². The number of methoxy groups -OCH3 is 2. The lowest BCUT2D eigenvalue weighted by molar-refractivity contribution is 0.0990. The van der Waals surface area contributed by atoms with Crippen molar-refractivity contribution in [2.24, 2.45) is 0 Å². The molecule has 1 rings (SSSR count). The Labute approximate surface area is 112 Å². The summed E-state index contributed by atoms with van der Waals surface area (Å²) in [7, 11) is 4.74. The molecule has 1 aromatic rings. The molecule has 0 radical (unpaired) electrons. The van der Waals surface area contributed by atoms with Gasteiger partial charge in [-0.3, -0.25) is 4.79 Å². The molecule has 100 valence electrons. The summed E-state index contributed by atoms with van der Waals surface area (Å²) in [6.45, 7) is 2.17. The lowest BCUT2D eigenvalue weighted by Crippen LogP contribution is -2.20. The van der Waals surface area contributed by atoms with Crippen molar-refractivity contribution in [1.29, 1.82) is 0 Å². The summed E-state index contributed by atoms with van der Waals surface area (Å²) in [6.07, 6.45) is 0.721. The first kappa shape index (κ1) is 14.8. The van der Waals surface area contributed by atoms with Crippen molar-refractivity contribution in [3.63, 3.8) is 0 Å². The summed E-state index contributed by atoms with van der Waals surface area (Å²) in [5.74, 6) is 0.797. The van der Waals surface area contributed by atoms with Crippen LogP contribution >= 0.6 is 11.6 Å². The van der Waals surface area contributed by atoms with Crippen LogP contribution in [0.2, 0.25) is 5.02 Å². The van der Waals surface area contributed by atoms with Crippen LogP contribution in [-0.4, -0.2) is 33.6 Å². The van der Waals surface area contributed by atoms with Gasteiger partial charge in [0.1, 0.15) is 0 Å². The van der Waals surface area contributed by atoms with Gasteiger partial charge in [-0.2, -0.15) is 0 Å². The molecule has 0 unspecified atom stereocenters. The predicted molar refractivity (Wildman–Crippen MR) is 72.2 cm³/mol. The first-order valence-corrected chi connectivity index (χ1v) is 6.09. The maximum Gasteiger partial charge on any atom is 0.181 e. The van der Waals surface area contributed by atoms with E-state index in [0.717, 1.165) is 12.0 Å². The van der Waals surface area contributed by atoms with E-state index in [0.29, 0.717) is 22.1 Å². The van der Waals surface area contributed by atoms with E-state index in [1.807, 2.05) is 6.92 Å². The van der Waals surface area contributed by atoms with E-state index in [4.69, 9.17) is 21.1 Å². The number of benzene rings is 1. The number of hydrogen-bond donors (Lipinski definition) is 1. The third kappa shape index (κ3) is 2.76. The Kier molecular flexibility index (Phi) is 5.44. The molecule has 0 fully saturated rings. The monoisotopic (exact) mass is 271 g/mol. The number of hydrogen-bond acceptors (Lipinski definition) is 4. The first-order valence-electron chi connectivity index (χ1n) is 5.71. The molecule has 5 heteroatoms. The van der Waals surface area contributed by atoms with Crippen LogP contribution in [0.25, 0.3) is 0 Å². The fourth-order valence-corrected chi connectivity index (χ4v) is 2.16. The number of ether oxygens (including phenoxy) is 2. The third-order valence-electron chi connectivity index (χ3n) is 2.68. The van der Waals surface area contributed by atoms with E-state index < -0.39 is 0 Å². The van der Waals surface area contributed by atoms with Gasteiger partial charge in [0, 0.05) is 0 Å². The number of carbonyl (C=O) groups excluding carboxylic acids is 1. The quantitative estimate of drug-likeness (QED) is 0.807. The Morgan fingerprint density at radius 2 is 2.06 bits per heavy atom. The average Bonchev–Trinajstić information content (AvgIpc) is 2.38. The number of nitrogens with one attached hydrogen (secondary N) is 1. The van der Waals surface area contributed by atoms with Crippen LogP contribution in [0.1, 0.15) is 22.8 Å². The minimum Gasteiger partial charge on any atom is -0.493 e. The van der Waals surface area contributed by atoms with E-state index in [-0.39, 0.29) is 12.3 Å². The van der Waals surface area contributed by atoms with Gasteiger partial charge in [0.05, 0.1) is 31.4 Å². The molecule has 0 saturated carbocycles. The predicted octanol–water partition coefficient (Wildman–Crippen LogP) is 2.32. The second kappa shape index (κ2) is 6.61. The van der Waals surface area contributed by atoms with Gasteiger partial charge in [-0.15, -0.1) is 0 Å². The normalized spacial score (nSPS) is 10.3. The number of likely N-dealkylation sites (N-methyl/N-ethyl adjacent to an activating group) is 1. The molecule has 0 aliphatic carbocycles. The number of aryl methyl sites for hydroxylation is 1. The number of ketones is 1. The summed E-state index contributed by atoms with van der Waals surface area (Å²) in [4.78, 5) is 12.1. The average molecular weight is 272 g/mol. The fourth-order valence-electron chi connectivity index (χ4n) is 1.78. The standard InChI is InChI=1S/C13H18ClNO3/c1-5-8-6-10(17-3)13(18-4)11(12(8)14)9(16)7-15-2/h6,15H,5,7H2,1-4H3. The topological polar surface area (TPSA) is 47.6 Å². The van der Waals surface area contributed by atoms with Gasteiger partial charge >= 0.3 is 0 Å². The van der Waals surface area contributed by atoms with Gasteiger partial charge in [0.2, 0.25) is 0 Å². The van der Waals surface area contributed by atoms with Crippen molar-refractivity contribution in [2.75, 3.05) is 27.8 Å². The third-order valence-corrected chi connectivity index (χ3v) is 3.11.